The number of nitrogens with one attached hydrogen (secondary N) is 2. The van der Waals surface area contributed by atoms with E-state index in [4.69, 9.17) is 4.74 Å². The zero-order chi connectivity index (χ0) is 17.4. The van der Waals surface area contributed by atoms with Gasteiger partial charge in [0.15, 0.2) is 0 Å². The van der Waals surface area contributed by atoms with Crippen molar-refractivity contribution in [3.8, 4) is 0 Å². The lowest BCUT2D eigenvalue weighted by atomic mass is 10.2. The van der Waals surface area contributed by atoms with E-state index in [0.29, 0.717) is 22.9 Å². The average molecular weight is 348 g/mol. The molecule has 2 N–H and O–H groups in total. The van der Waals surface area contributed by atoms with Crippen LogP contribution in [-0.2, 0) is 9.53 Å². The van der Waals surface area contributed by atoms with Gasteiger partial charge in [-0.3, -0.25) is 4.79 Å². The number of carbonyl (C=O) groups excluding carboxylic acids is 2. The van der Waals surface area contributed by atoms with E-state index in [1.807, 2.05) is 6.92 Å². The van der Waals surface area contributed by atoms with Crippen LogP contribution in [0.1, 0.15) is 23.7 Å². The Balaban J connectivity index is 1.91. The fraction of sp³-hybridized carbons (Fsp3) is 0.267. The molecule has 0 atom stereocenters. The van der Waals surface area contributed by atoms with Gasteiger partial charge in [0.05, 0.1) is 24.1 Å². The number of esters is 1. The number of hydrogen-bond donors (Lipinski definition) is 2. The number of amides is 1. The van der Waals surface area contributed by atoms with Crippen LogP contribution in [0.3, 0.4) is 0 Å². The van der Waals surface area contributed by atoms with Gasteiger partial charge in [-0.25, -0.2) is 14.7 Å². The molecule has 2 rings (SSSR count). The molecule has 0 aliphatic carbocycles. The molecule has 1 heterocycles. The molecule has 24 heavy (non-hydrogen) atoms. The number of thioether (sulfide) groups is 1. The largest absolute Gasteiger partial charge is 0.462 e. The second-order valence-electron chi connectivity index (χ2n) is 4.68. The SMILES string of the molecule is CCCOC(=O)c1cccc(NC(=O)CSc2cn[nH]c(=O)n2)c1. The molecular formula is C15H16N4O4S. The van der Waals surface area contributed by atoms with Gasteiger partial charge < -0.3 is 10.1 Å². The third-order valence-corrected chi connectivity index (χ3v) is 3.62. The van der Waals surface area contributed by atoms with Gasteiger partial charge in [-0.15, -0.1) is 0 Å². The summed E-state index contributed by atoms with van der Waals surface area (Å²) >= 11 is 1.09. The maximum atomic E-state index is 11.9. The van der Waals surface area contributed by atoms with Crippen LogP contribution in [0.5, 0.6) is 0 Å². The van der Waals surface area contributed by atoms with Crippen molar-refractivity contribution < 1.29 is 14.3 Å². The van der Waals surface area contributed by atoms with Gasteiger partial charge >= 0.3 is 11.7 Å². The van der Waals surface area contributed by atoms with Crippen LogP contribution in [0, 0.1) is 0 Å². The summed E-state index contributed by atoms with van der Waals surface area (Å²) in [5.74, 6) is -0.662. The van der Waals surface area contributed by atoms with Crippen molar-refractivity contribution in [2.45, 2.75) is 18.4 Å². The highest BCUT2D eigenvalue weighted by atomic mass is 32.2. The number of H-pyrrole nitrogens is 1. The number of aromatic nitrogens is 3. The highest BCUT2D eigenvalue weighted by Crippen LogP contribution is 2.15. The summed E-state index contributed by atoms with van der Waals surface area (Å²) in [6.45, 7) is 2.26. The molecule has 9 heteroatoms. The van der Waals surface area contributed by atoms with Gasteiger partial charge in [-0.1, -0.05) is 24.8 Å². The first-order valence-corrected chi connectivity index (χ1v) is 8.18. The van der Waals surface area contributed by atoms with E-state index in [0.717, 1.165) is 18.2 Å². The molecule has 0 aliphatic heterocycles. The van der Waals surface area contributed by atoms with E-state index < -0.39 is 11.7 Å². The van der Waals surface area contributed by atoms with Gasteiger partial charge in [0.1, 0.15) is 5.03 Å². The molecule has 126 valence electrons. The van der Waals surface area contributed by atoms with Gasteiger partial charge in [-0.2, -0.15) is 10.1 Å². The molecule has 0 saturated heterocycles. The van der Waals surface area contributed by atoms with Crippen molar-refractivity contribution in [2.24, 2.45) is 0 Å². The quantitative estimate of drug-likeness (QED) is 0.575. The number of hydrogen-bond acceptors (Lipinski definition) is 7. The topological polar surface area (TPSA) is 114 Å². The Labute approximate surface area is 142 Å². The van der Waals surface area contributed by atoms with Crippen molar-refractivity contribution in [3.63, 3.8) is 0 Å². The van der Waals surface area contributed by atoms with Gasteiger partial charge in [0.25, 0.3) is 0 Å². The van der Waals surface area contributed by atoms with Crippen LogP contribution in [0.4, 0.5) is 5.69 Å². The lowest BCUT2D eigenvalue weighted by Crippen LogP contribution is -2.16. The van der Waals surface area contributed by atoms with Crippen LogP contribution in [0.15, 0.2) is 40.3 Å². The third-order valence-electron chi connectivity index (χ3n) is 2.72. The smallest absolute Gasteiger partial charge is 0.362 e. The number of anilines is 1. The minimum absolute atomic E-state index is 0.0582. The summed E-state index contributed by atoms with van der Waals surface area (Å²) in [5.41, 5.74) is 0.289. The van der Waals surface area contributed by atoms with E-state index in [2.05, 4.69) is 20.5 Å². The Kier molecular flexibility index (Phi) is 6.50. The molecule has 0 spiro atoms. The molecule has 0 bridgehead atoms. The lowest BCUT2D eigenvalue weighted by Gasteiger charge is -2.07. The number of nitrogens with zero attached hydrogens (tertiary/aromatic N) is 2. The highest BCUT2D eigenvalue weighted by molar-refractivity contribution is 7.99. The molecule has 2 aromatic rings. The Morgan fingerprint density at radius 1 is 1.38 bits per heavy atom. The Bertz CT molecular complexity index is 778. The number of carbonyl (C=O) groups is 2. The summed E-state index contributed by atoms with van der Waals surface area (Å²) in [6.07, 6.45) is 2.11. The predicted molar refractivity (Wildman–Crippen MR) is 89.0 cm³/mol. The molecule has 0 aliphatic rings. The first-order valence-electron chi connectivity index (χ1n) is 7.20. The first kappa shape index (κ1) is 17.7. The maximum absolute atomic E-state index is 11.9. The van der Waals surface area contributed by atoms with Crippen LogP contribution in [-0.4, -0.2) is 39.4 Å². The Morgan fingerprint density at radius 3 is 2.96 bits per heavy atom. The van der Waals surface area contributed by atoms with Gasteiger partial charge in [0, 0.05) is 5.69 Å². The van der Waals surface area contributed by atoms with E-state index in [9.17, 15) is 14.4 Å². The molecule has 0 fully saturated rings. The molecule has 1 aromatic heterocycles. The van der Waals surface area contributed by atoms with Crippen molar-refractivity contribution in [3.05, 3.63) is 46.5 Å². The van der Waals surface area contributed by atoms with E-state index in [1.165, 1.54) is 6.20 Å². The fourth-order valence-electron chi connectivity index (χ4n) is 1.70. The monoisotopic (exact) mass is 348 g/mol. The fourth-order valence-corrected chi connectivity index (χ4v) is 2.33. The van der Waals surface area contributed by atoms with Crippen LogP contribution in [0.25, 0.3) is 0 Å². The van der Waals surface area contributed by atoms with Crippen LogP contribution >= 0.6 is 11.8 Å². The Hall–Kier alpha value is -2.68. The van der Waals surface area contributed by atoms with E-state index in [-0.39, 0.29) is 11.7 Å². The van der Waals surface area contributed by atoms with Crippen molar-refractivity contribution in [2.75, 3.05) is 17.7 Å². The Morgan fingerprint density at radius 2 is 2.21 bits per heavy atom. The molecule has 1 amide bonds. The van der Waals surface area contributed by atoms with Gasteiger partial charge in [-0.05, 0) is 24.6 Å². The van der Waals surface area contributed by atoms with Crippen LogP contribution < -0.4 is 11.0 Å². The summed E-state index contributed by atoms with van der Waals surface area (Å²) in [7, 11) is 0. The average Bonchev–Trinajstić information content (AvgIpc) is 2.58. The second-order valence-corrected chi connectivity index (χ2v) is 5.67. The molecule has 0 unspecified atom stereocenters. The molecule has 1 aromatic carbocycles. The molecular weight excluding hydrogens is 332 g/mol. The normalized spacial score (nSPS) is 10.2. The van der Waals surface area contributed by atoms with Gasteiger partial charge in [0.2, 0.25) is 5.91 Å². The number of rotatable bonds is 7. The zero-order valence-corrected chi connectivity index (χ0v) is 13.8. The summed E-state index contributed by atoms with van der Waals surface area (Å²) in [6, 6.07) is 6.50. The standard InChI is InChI=1S/C15H16N4O4S/c1-2-6-23-14(21)10-4-3-5-11(7-10)17-12(20)9-24-13-8-16-19-15(22)18-13/h3-5,7-8H,2,6,9H2,1H3,(H,17,20)(H,18,19,22). The zero-order valence-electron chi connectivity index (χ0n) is 12.9. The first-order chi connectivity index (χ1) is 11.6. The molecule has 0 radical (unpaired) electrons. The predicted octanol–water partition coefficient (Wildman–Crippen LogP) is 1.46. The number of ether oxygens (including phenoxy) is 1. The third kappa shape index (κ3) is 5.51. The van der Waals surface area contributed by atoms with Crippen molar-refractivity contribution in [1.29, 1.82) is 0 Å². The van der Waals surface area contributed by atoms with Crippen molar-refractivity contribution in [1.82, 2.24) is 15.2 Å². The second kappa shape index (κ2) is 8.82. The van der Waals surface area contributed by atoms with Crippen molar-refractivity contribution >= 4 is 29.3 Å². The lowest BCUT2D eigenvalue weighted by molar-refractivity contribution is -0.113. The summed E-state index contributed by atoms with van der Waals surface area (Å²) < 4.78 is 5.05. The number of benzene rings is 1. The summed E-state index contributed by atoms with van der Waals surface area (Å²) in [5, 5.41) is 8.78. The summed E-state index contributed by atoms with van der Waals surface area (Å²) in [4.78, 5) is 38.4. The van der Waals surface area contributed by atoms with E-state index >= 15 is 0 Å². The molecule has 0 saturated carbocycles. The van der Waals surface area contributed by atoms with Crippen LogP contribution in [0.2, 0.25) is 0 Å². The minimum Gasteiger partial charge on any atom is -0.462 e. The maximum Gasteiger partial charge on any atom is 0.362 e. The highest BCUT2D eigenvalue weighted by Gasteiger charge is 2.09. The minimum atomic E-state index is -0.571. The van der Waals surface area contributed by atoms with E-state index in [1.54, 1.807) is 24.3 Å². The molecule has 8 nitrogen and oxygen atoms in total. The number of aromatic amines is 1.